The van der Waals surface area contributed by atoms with Crippen LogP contribution < -0.4 is 4.74 Å². The molecule has 0 spiro atoms. The summed E-state index contributed by atoms with van der Waals surface area (Å²) in [6.07, 6.45) is 6.66. The van der Waals surface area contributed by atoms with Gasteiger partial charge < -0.3 is 9.47 Å². The van der Waals surface area contributed by atoms with Crippen molar-refractivity contribution < 1.29 is 14.3 Å². The Bertz CT molecular complexity index is 821. The van der Waals surface area contributed by atoms with Crippen LogP contribution in [0.25, 0.3) is 0 Å². The zero-order valence-electron chi connectivity index (χ0n) is 15.7. The number of nitriles is 1. The molecule has 0 aliphatic heterocycles. The summed E-state index contributed by atoms with van der Waals surface area (Å²) in [4.78, 5) is 12.4. The maximum atomic E-state index is 12.4. The van der Waals surface area contributed by atoms with Gasteiger partial charge in [0.05, 0.1) is 23.3 Å². The number of hydrogen-bond acceptors (Lipinski definition) is 4. The lowest BCUT2D eigenvalue weighted by Crippen LogP contribution is -2.23. The number of hydrogen-bond donors (Lipinski definition) is 0. The van der Waals surface area contributed by atoms with Crippen LogP contribution in [-0.4, -0.2) is 18.7 Å². The second-order valence-corrected chi connectivity index (χ2v) is 6.95. The average molecular weight is 363 g/mol. The van der Waals surface area contributed by atoms with Gasteiger partial charge in [-0.2, -0.15) is 5.26 Å². The first-order valence-electron chi connectivity index (χ1n) is 9.65. The van der Waals surface area contributed by atoms with Crippen molar-refractivity contribution in [3.63, 3.8) is 0 Å². The number of benzene rings is 2. The Morgan fingerprint density at radius 2 is 1.96 bits per heavy atom. The summed E-state index contributed by atoms with van der Waals surface area (Å²) in [5.74, 6) is 0.0673. The van der Waals surface area contributed by atoms with Crippen molar-refractivity contribution in [3.8, 4) is 11.8 Å². The average Bonchev–Trinajstić information content (AvgIpc) is 2.71. The molecule has 0 aromatic heterocycles. The standard InChI is InChI=1S/C23H25NO3/c1-2-3-4-13-26-22-12-9-18-14-20(8-7-19(18)15-22)23(25)27-21-10-5-17(16-24)6-11-21/h5-8,10-11,14,22H,2-4,9,12-13,15H2,1H3. The van der Waals surface area contributed by atoms with Crippen LogP contribution in [0.4, 0.5) is 0 Å². The first-order chi connectivity index (χ1) is 13.2. The Morgan fingerprint density at radius 1 is 1.15 bits per heavy atom. The quantitative estimate of drug-likeness (QED) is 0.401. The number of ether oxygens (including phenoxy) is 2. The van der Waals surface area contributed by atoms with Crippen molar-refractivity contribution in [2.24, 2.45) is 0 Å². The molecule has 0 saturated carbocycles. The van der Waals surface area contributed by atoms with Gasteiger partial charge in [0.15, 0.2) is 0 Å². The SMILES string of the molecule is CCCCCOC1CCc2cc(C(=O)Oc3ccc(C#N)cc3)ccc2C1. The van der Waals surface area contributed by atoms with Gasteiger partial charge in [-0.05, 0) is 73.2 Å². The molecule has 0 radical (unpaired) electrons. The van der Waals surface area contributed by atoms with Gasteiger partial charge in [-0.1, -0.05) is 25.8 Å². The number of carbonyl (C=O) groups is 1. The summed E-state index contributed by atoms with van der Waals surface area (Å²) in [7, 11) is 0. The summed E-state index contributed by atoms with van der Waals surface area (Å²) in [6.45, 7) is 3.03. The number of carbonyl (C=O) groups excluding carboxylic acids is 1. The molecule has 1 aliphatic carbocycles. The molecule has 1 aliphatic rings. The van der Waals surface area contributed by atoms with Gasteiger partial charge >= 0.3 is 5.97 Å². The Kier molecular flexibility index (Phi) is 6.62. The van der Waals surface area contributed by atoms with E-state index in [4.69, 9.17) is 14.7 Å². The van der Waals surface area contributed by atoms with Gasteiger partial charge in [-0.15, -0.1) is 0 Å². The molecule has 0 amide bonds. The molecule has 0 bridgehead atoms. The molecule has 1 atom stereocenters. The van der Waals surface area contributed by atoms with Crippen molar-refractivity contribution >= 4 is 5.97 Å². The summed E-state index contributed by atoms with van der Waals surface area (Å²) in [5, 5.41) is 8.82. The van der Waals surface area contributed by atoms with Gasteiger partial charge in [0.1, 0.15) is 5.75 Å². The molecular formula is C23H25NO3. The van der Waals surface area contributed by atoms with Crippen molar-refractivity contribution in [1.29, 1.82) is 5.26 Å². The summed E-state index contributed by atoms with van der Waals surface area (Å²) >= 11 is 0. The fourth-order valence-electron chi connectivity index (χ4n) is 3.36. The molecule has 2 aromatic rings. The van der Waals surface area contributed by atoms with Gasteiger partial charge in [0, 0.05) is 6.61 Å². The lowest BCUT2D eigenvalue weighted by molar-refractivity contribution is 0.0419. The third-order valence-electron chi connectivity index (χ3n) is 4.92. The molecule has 0 N–H and O–H groups in total. The third-order valence-corrected chi connectivity index (χ3v) is 4.92. The Balaban J connectivity index is 1.59. The van der Waals surface area contributed by atoms with E-state index in [2.05, 4.69) is 6.92 Å². The smallest absolute Gasteiger partial charge is 0.343 e. The summed E-state index contributed by atoms with van der Waals surface area (Å²) in [5.41, 5.74) is 3.56. The van der Waals surface area contributed by atoms with Crippen molar-refractivity contribution in [3.05, 3.63) is 64.7 Å². The highest BCUT2D eigenvalue weighted by Crippen LogP contribution is 2.25. The van der Waals surface area contributed by atoms with E-state index in [-0.39, 0.29) is 12.1 Å². The minimum Gasteiger partial charge on any atom is -0.423 e. The maximum absolute atomic E-state index is 12.4. The van der Waals surface area contributed by atoms with Crippen molar-refractivity contribution in [2.75, 3.05) is 6.61 Å². The molecule has 4 nitrogen and oxygen atoms in total. The topological polar surface area (TPSA) is 59.3 Å². The molecule has 2 aromatic carbocycles. The van der Waals surface area contributed by atoms with Gasteiger partial charge in [0.2, 0.25) is 0 Å². The predicted molar refractivity (Wildman–Crippen MR) is 104 cm³/mol. The number of esters is 1. The lowest BCUT2D eigenvalue weighted by atomic mass is 9.88. The van der Waals surface area contributed by atoms with E-state index in [1.165, 1.54) is 24.0 Å². The number of nitrogens with zero attached hydrogens (tertiary/aromatic N) is 1. The molecular weight excluding hydrogens is 338 g/mol. The van der Waals surface area contributed by atoms with Crippen molar-refractivity contribution in [1.82, 2.24) is 0 Å². The zero-order chi connectivity index (χ0) is 19.1. The van der Waals surface area contributed by atoms with Gasteiger partial charge in [-0.3, -0.25) is 0 Å². The number of unbranched alkanes of at least 4 members (excludes halogenated alkanes) is 2. The molecule has 3 rings (SSSR count). The van der Waals surface area contributed by atoms with Crippen LogP contribution in [0.2, 0.25) is 0 Å². The van der Waals surface area contributed by atoms with Crippen LogP contribution in [0.3, 0.4) is 0 Å². The highest BCUT2D eigenvalue weighted by atomic mass is 16.5. The fraction of sp³-hybridized carbons (Fsp3) is 0.391. The van der Waals surface area contributed by atoms with Crippen LogP contribution in [0, 0.1) is 11.3 Å². The first kappa shape index (κ1) is 19.1. The molecule has 140 valence electrons. The molecule has 1 unspecified atom stereocenters. The largest absolute Gasteiger partial charge is 0.423 e. The van der Waals surface area contributed by atoms with Crippen LogP contribution in [0.15, 0.2) is 42.5 Å². The van der Waals surface area contributed by atoms with E-state index in [9.17, 15) is 4.79 Å². The fourth-order valence-corrected chi connectivity index (χ4v) is 3.36. The normalized spacial score (nSPS) is 15.6. The van der Waals surface area contributed by atoms with E-state index in [1.807, 2.05) is 24.3 Å². The number of aryl methyl sites for hydroxylation is 1. The van der Waals surface area contributed by atoms with Gasteiger partial charge in [0.25, 0.3) is 0 Å². The van der Waals surface area contributed by atoms with Crippen molar-refractivity contribution in [2.45, 2.75) is 51.6 Å². The predicted octanol–water partition coefficient (Wildman–Crippen LogP) is 4.84. The minimum atomic E-state index is -0.375. The van der Waals surface area contributed by atoms with E-state index >= 15 is 0 Å². The third kappa shape index (κ3) is 5.18. The van der Waals surface area contributed by atoms with E-state index < -0.39 is 0 Å². The second kappa shape index (κ2) is 9.34. The molecule has 0 fully saturated rings. The van der Waals surface area contributed by atoms with Crippen LogP contribution >= 0.6 is 0 Å². The summed E-state index contributed by atoms with van der Waals surface area (Å²) in [6, 6.07) is 14.4. The highest BCUT2D eigenvalue weighted by molar-refractivity contribution is 5.91. The van der Waals surface area contributed by atoms with Crippen LogP contribution in [0.1, 0.15) is 59.7 Å². The molecule has 27 heavy (non-hydrogen) atoms. The van der Waals surface area contributed by atoms with E-state index in [1.54, 1.807) is 24.3 Å². The van der Waals surface area contributed by atoms with E-state index in [0.29, 0.717) is 16.9 Å². The Hall–Kier alpha value is -2.64. The maximum Gasteiger partial charge on any atom is 0.343 e. The number of rotatable bonds is 7. The Morgan fingerprint density at radius 3 is 2.70 bits per heavy atom. The second-order valence-electron chi connectivity index (χ2n) is 6.95. The van der Waals surface area contributed by atoms with Gasteiger partial charge in [-0.25, -0.2) is 4.79 Å². The van der Waals surface area contributed by atoms with Crippen LogP contribution in [-0.2, 0) is 17.6 Å². The lowest BCUT2D eigenvalue weighted by Gasteiger charge is -2.25. The number of fused-ring (bicyclic) bond motifs is 1. The van der Waals surface area contributed by atoms with E-state index in [0.717, 1.165) is 32.3 Å². The summed E-state index contributed by atoms with van der Waals surface area (Å²) < 4.78 is 11.4. The molecule has 0 saturated heterocycles. The highest BCUT2D eigenvalue weighted by Gasteiger charge is 2.20. The van der Waals surface area contributed by atoms with Crippen LogP contribution in [0.5, 0.6) is 5.75 Å². The first-order valence-corrected chi connectivity index (χ1v) is 9.65. The minimum absolute atomic E-state index is 0.283. The Labute approximate surface area is 160 Å². The zero-order valence-corrected chi connectivity index (χ0v) is 15.7. The molecule has 0 heterocycles. The monoisotopic (exact) mass is 363 g/mol. The molecule has 4 heteroatoms.